The molecule has 7 aliphatic rings. The van der Waals surface area contributed by atoms with Crippen molar-refractivity contribution in [1.29, 1.82) is 0 Å². The van der Waals surface area contributed by atoms with Gasteiger partial charge in [-0.05, 0) is 200 Å². The molecule has 0 N–H and O–H groups in total. The number of nitrogens with zero attached hydrogens (tertiary/aromatic N) is 3. The fourth-order valence-electron chi connectivity index (χ4n) is 16.7. The van der Waals surface area contributed by atoms with Crippen LogP contribution in [0.25, 0.3) is 11.0 Å². The smallest absolute Gasteiger partial charge is 0.297 e. The van der Waals surface area contributed by atoms with E-state index in [-0.39, 0.29) is 50.2 Å². The Labute approximate surface area is 486 Å². The van der Waals surface area contributed by atoms with Crippen molar-refractivity contribution in [2.24, 2.45) is 0 Å². The van der Waals surface area contributed by atoms with Crippen LogP contribution < -0.4 is 31.3 Å². The van der Waals surface area contributed by atoms with E-state index in [0.29, 0.717) is 5.92 Å². The summed E-state index contributed by atoms with van der Waals surface area (Å²) in [4.78, 5) is 8.27. The van der Waals surface area contributed by atoms with Crippen LogP contribution in [-0.4, -0.2) is 12.3 Å². The molecule has 1 saturated carbocycles. The van der Waals surface area contributed by atoms with Gasteiger partial charge in [0.15, 0.2) is 0 Å². The second kappa shape index (κ2) is 17.2. The maximum Gasteiger partial charge on any atom is 0.297 e. The highest BCUT2D eigenvalue weighted by atomic mass is 16.3. The number of para-hydroxylation sites is 1. The summed E-state index contributed by atoms with van der Waals surface area (Å²) in [6.45, 7) is 39.2. The van der Waals surface area contributed by atoms with Crippen molar-refractivity contribution in [3.05, 3.63) is 172 Å². The highest BCUT2D eigenvalue weighted by molar-refractivity contribution is 7.00. The summed E-state index contributed by atoms with van der Waals surface area (Å²) in [5.74, 6) is 0.348. The third-order valence-corrected chi connectivity index (χ3v) is 22.3. The quantitative estimate of drug-likeness (QED) is 0.164. The van der Waals surface area contributed by atoms with Gasteiger partial charge in [-0.15, -0.1) is 0 Å². The van der Waals surface area contributed by atoms with Crippen LogP contribution in [0.5, 0.6) is 0 Å². The van der Waals surface area contributed by atoms with E-state index in [1.165, 1.54) is 126 Å². The first-order valence-corrected chi connectivity index (χ1v) is 31.2. The third-order valence-electron chi connectivity index (χ3n) is 22.3. The molecule has 4 nitrogen and oxygen atoms in total. The van der Waals surface area contributed by atoms with E-state index < -0.39 is 0 Å². The maximum absolute atomic E-state index is 7.89. The summed E-state index contributed by atoms with van der Waals surface area (Å²) in [6.07, 6.45) is 19.5. The van der Waals surface area contributed by atoms with Gasteiger partial charge in [0.25, 0.3) is 6.71 Å². The van der Waals surface area contributed by atoms with Crippen molar-refractivity contribution in [2.75, 3.05) is 14.7 Å². The van der Waals surface area contributed by atoms with Gasteiger partial charge in [0.2, 0.25) is 0 Å². The summed E-state index contributed by atoms with van der Waals surface area (Å²) in [7, 11) is 0. The van der Waals surface area contributed by atoms with Crippen LogP contribution in [0.1, 0.15) is 219 Å². The van der Waals surface area contributed by atoms with Crippen molar-refractivity contribution < 1.29 is 4.42 Å². The number of allylic oxidation sites excluding steroid dienone is 4. The number of hydrogen-bond acceptors (Lipinski definition) is 4. The molecule has 0 bridgehead atoms. The lowest BCUT2D eigenvalue weighted by Gasteiger charge is -2.51. The first-order chi connectivity index (χ1) is 38.1. The minimum Gasteiger partial charge on any atom is -0.468 e. The molecule has 3 unspecified atom stereocenters. The molecule has 0 amide bonds. The molecule has 1 aromatic heterocycles. The lowest BCUT2D eigenvalue weighted by atomic mass is 9.35. The molecule has 0 radical (unpaired) electrons. The molecule has 3 atom stereocenters. The molecule has 7 aromatic rings. The van der Waals surface area contributed by atoms with E-state index in [1.807, 2.05) is 0 Å². The van der Waals surface area contributed by atoms with Crippen LogP contribution in [0.4, 0.5) is 45.5 Å². The number of rotatable bonds is 4. The van der Waals surface area contributed by atoms with E-state index in [9.17, 15) is 0 Å². The van der Waals surface area contributed by atoms with Gasteiger partial charge in [0.05, 0.1) is 16.9 Å². The van der Waals surface area contributed by atoms with Crippen LogP contribution in [0, 0.1) is 0 Å². The Morgan fingerprint density at radius 2 is 1.09 bits per heavy atom. The zero-order chi connectivity index (χ0) is 56.9. The molecule has 5 heteroatoms. The minimum atomic E-state index is -0.175. The van der Waals surface area contributed by atoms with E-state index >= 15 is 0 Å². The van der Waals surface area contributed by atoms with Crippen molar-refractivity contribution in [2.45, 2.75) is 218 Å². The molecule has 6 aromatic carbocycles. The summed E-state index contributed by atoms with van der Waals surface area (Å²) < 4.78 is 7.89. The van der Waals surface area contributed by atoms with Crippen molar-refractivity contribution in [1.82, 2.24) is 0 Å². The van der Waals surface area contributed by atoms with E-state index in [1.54, 1.807) is 0 Å². The Kier molecular flexibility index (Phi) is 11.2. The summed E-state index contributed by atoms with van der Waals surface area (Å²) >= 11 is 0. The first kappa shape index (κ1) is 52.9. The summed E-state index contributed by atoms with van der Waals surface area (Å²) in [5.41, 5.74) is 25.8. The molecule has 4 heterocycles. The number of furan rings is 1. The number of benzene rings is 6. The Hall–Kier alpha value is -6.20. The van der Waals surface area contributed by atoms with Crippen molar-refractivity contribution >= 4 is 79.8 Å². The third kappa shape index (κ3) is 7.67. The molecule has 1 fully saturated rings. The number of fused-ring (bicyclic) bond motifs is 11. The van der Waals surface area contributed by atoms with Gasteiger partial charge in [-0.3, -0.25) is 0 Å². The predicted molar refractivity (Wildman–Crippen MR) is 347 cm³/mol. The van der Waals surface area contributed by atoms with Crippen LogP contribution in [0.15, 0.2) is 132 Å². The van der Waals surface area contributed by atoms with Gasteiger partial charge in [-0.25, -0.2) is 0 Å². The topological polar surface area (TPSA) is 22.9 Å². The zero-order valence-corrected chi connectivity index (χ0v) is 51.9. The van der Waals surface area contributed by atoms with Crippen molar-refractivity contribution in [3.63, 3.8) is 0 Å². The SMILES string of the molecule is CC(C)(C)c1cc(N2c3cc4c(cc3B3c5oc6cc7c(cc6c5N(c5ccc(C6C=CC=CC6)cc5)c5cc(N6c8ccccc8C8(C)CCCCC68C)cc2c53)C(C)(C)CCC7(C)C)C(C)(C)CCC4(C)C)cc(C(C)(C)C)c1. The zero-order valence-electron chi connectivity index (χ0n) is 51.9. The molecule has 4 aliphatic carbocycles. The highest BCUT2D eigenvalue weighted by Crippen LogP contribution is 2.62. The van der Waals surface area contributed by atoms with Crippen LogP contribution >= 0.6 is 0 Å². The fourth-order valence-corrected chi connectivity index (χ4v) is 16.7. The van der Waals surface area contributed by atoms with Gasteiger partial charge in [-0.1, -0.05) is 183 Å². The largest absolute Gasteiger partial charge is 0.468 e. The molecule has 416 valence electrons. The van der Waals surface area contributed by atoms with Crippen molar-refractivity contribution in [3.8, 4) is 0 Å². The standard InChI is InChI=1S/C76H88BN3O/c1-69(2,3)49-38-50(70(4,5)6)40-52(39-49)78-62-45-58-57(72(9,10)35-36-73(58,11)12)44-60(62)77-66-63(78)41-53(80-61-27-21-20-26-55(61)75(15)32-22-23-33-76(75,80)16)42-64(66)79(51-30-28-48(29-31-51)47-24-18-17-19-25-47)67-54-43-56-59(46-65(54)81-68(67)77)74(13,14)37-34-71(56,7)8/h17-21,24,26-31,38-47H,22-23,25,32-37H2,1-16H3. The van der Waals surface area contributed by atoms with E-state index in [0.717, 1.165) is 49.8 Å². The molecule has 0 spiro atoms. The average molecular weight is 1070 g/mol. The molecule has 14 rings (SSSR count). The van der Waals surface area contributed by atoms with Gasteiger partial charge < -0.3 is 19.1 Å². The number of hydrogen-bond donors (Lipinski definition) is 0. The van der Waals surface area contributed by atoms with Crippen LogP contribution in [0.2, 0.25) is 0 Å². The van der Waals surface area contributed by atoms with E-state index in [4.69, 9.17) is 4.42 Å². The van der Waals surface area contributed by atoms with Gasteiger partial charge >= 0.3 is 0 Å². The molecule has 0 saturated heterocycles. The second-order valence-corrected chi connectivity index (χ2v) is 31.4. The highest BCUT2D eigenvalue weighted by Gasteiger charge is 2.58. The lowest BCUT2D eigenvalue weighted by Crippen LogP contribution is -2.61. The van der Waals surface area contributed by atoms with Gasteiger partial charge in [0.1, 0.15) is 5.58 Å². The van der Waals surface area contributed by atoms with E-state index in [2.05, 4.69) is 253 Å². The van der Waals surface area contributed by atoms with Crippen LogP contribution in [0.3, 0.4) is 0 Å². The Balaban J connectivity index is 1.15. The summed E-state index contributed by atoms with van der Waals surface area (Å²) in [6, 6.07) is 42.5. The molecule has 3 aliphatic heterocycles. The average Bonchev–Trinajstić information content (AvgIpc) is 2.35. The van der Waals surface area contributed by atoms with Gasteiger partial charge in [0, 0.05) is 56.5 Å². The fraction of sp³-hybridized carbons (Fsp3) is 0.447. The monoisotopic (exact) mass is 1070 g/mol. The lowest BCUT2D eigenvalue weighted by molar-refractivity contribution is 0.195. The van der Waals surface area contributed by atoms with Crippen LogP contribution in [-0.2, 0) is 37.9 Å². The Morgan fingerprint density at radius 1 is 0.506 bits per heavy atom. The Bertz CT molecular complexity index is 3810. The van der Waals surface area contributed by atoms with Gasteiger partial charge in [-0.2, -0.15) is 0 Å². The predicted octanol–water partition coefficient (Wildman–Crippen LogP) is 19.2. The molecular formula is C76H88BN3O. The second-order valence-electron chi connectivity index (χ2n) is 31.4. The number of anilines is 8. The maximum atomic E-state index is 7.89. The minimum absolute atomic E-state index is 0.00679. The summed E-state index contributed by atoms with van der Waals surface area (Å²) in [5, 5.41) is 1.21. The molecule has 81 heavy (non-hydrogen) atoms. The first-order valence-electron chi connectivity index (χ1n) is 31.2. The normalized spacial score (nSPS) is 24.3. The molecular weight excluding hydrogens is 982 g/mol. The Morgan fingerprint density at radius 3 is 1.70 bits per heavy atom.